The number of hydrogen-bond acceptors (Lipinski definition) is 6. The van der Waals surface area contributed by atoms with Crippen molar-refractivity contribution in [1.29, 1.82) is 0 Å². The summed E-state index contributed by atoms with van der Waals surface area (Å²) in [6.07, 6.45) is 3.16. The van der Waals surface area contributed by atoms with Gasteiger partial charge in [-0.3, -0.25) is 9.52 Å². The molecule has 2 N–H and O–H groups in total. The molecular weight excluding hydrogens is 368 g/mol. The molecule has 0 unspecified atom stereocenters. The molecule has 2 aromatic heterocycles. The quantitative estimate of drug-likeness (QED) is 0.697. The summed E-state index contributed by atoms with van der Waals surface area (Å²) >= 11 is 0. The lowest BCUT2D eigenvalue weighted by atomic mass is 10.1. The molecule has 0 spiro atoms. The zero-order chi connectivity index (χ0) is 19.2. The Bertz CT molecular complexity index is 1150. The number of carbonyl (C=O) groups is 1. The number of fused-ring (bicyclic) bond motifs is 1. The number of nitrogens with zero attached hydrogens (tertiary/aromatic N) is 2. The van der Waals surface area contributed by atoms with Crippen molar-refractivity contribution in [2.45, 2.75) is 25.7 Å². The summed E-state index contributed by atoms with van der Waals surface area (Å²) in [5.41, 5.74) is 3.07. The van der Waals surface area contributed by atoms with Crippen molar-refractivity contribution in [2.75, 3.05) is 16.3 Å². The van der Waals surface area contributed by atoms with E-state index < -0.39 is 10.0 Å². The molecule has 0 bridgehead atoms. The maximum absolute atomic E-state index is 12.9. The van der Waals surface area contributed by atoms with E-state index in [-0.39, 0.29) is 5.91 Å². The number of aromatic nitrogens is 2. The van der Waals surface area contributed by atoms with Gasteiger partial charge in [0, 0.05) is 17.3 Å². The fourth-order valence-corrected chi connectivity index (χ4v) is 3.51. The number of benzene rings is 1. The Morgan fingerprint density at radius 3 is 2.67 bits per heavy atom. The van der Waals surface area contributed by atoms with Crippen LogP contribution in [0.1, 0.15) is 40.5 Å². The van der Waals surface area contributed by atoms with E-state index in [9.17, 15) is 13.2 Å². The number of pyridine rings is 1. The highest BCUT2D eigenvalue weighted by Crippen LogP contribution is 2.40. The zero-order valence-electron chi connectivity index (χ0n) is 14.8. The minimum absolute atomic E-state index is 0.327. The van der Waals surface area contributed by atoms with Crippen LogP contribution in [0.5, 0.6) is 0 Å². The van der Waals surface area contributed by atoms with Crippen LogP contribution >= 0.6 is 0 Å². The third kappa shape index (κ3) is 3.77. The van der Waals surface area contributed by atoms with Gasteiger partial charge in [-0.25, -0.2) is 13.4 Å². The van der Waals surface area contributed by atoms with Crippen molar-refractivity contribution in [3.63, 3.8) is 0 Å². The number of hydrogen-bond donors (Lipinski definition) is 2. The Morgan fingerprint density at radius 1 is 1.22 bits per heavy atom. The van der Waals surface area contributed by atoms with E-state index in [2.05, 4.69) is 20.2 Å². The highest BCUT2D eigenvalue weighted by molar-refractivity contribution is 7.92. The largest absolute Gasteiger partial charge is 0.336 e. The standard InChI is InChI=1S/C18H18N4O4S/c1-10-16-14(9-15(11-6-7-11)20-18(16)26-21-10)17(23)19-12-4-3-5-13(8-12)22-27(2,24)25/h3-5,8-9,11,22H,6-7H2,1-2H3,(H,19,23). The molecule has 0 saturated heterocycles. The van der Waals surface area contributed by atoms with Crippen molar-refractivity contribution in [1.82, 2.24) is 10.1 Å². The molecule has 1 aromatic carbocycles. The average molecular weight is 386 g/mol. The first-order valence-corrected chi connectivity index (χ1v) is 10.4. The van der Waals surface area contributed by atoms with Crippen LogP contribution in [0.4, 0.5) is 11.4 Å². The van der Waals surface area contributed by atoms with Crippen LogP contribution in [0.15, 0.2) is 34.9 Å². The number of amides is 1. The van der Waals surface area contributed by atoms with Gasteiger partial charge in [-0.05, 0) is 44.0 Å². The van der Waals surface area contributed by atoms with Crippen molar-refractivity contribution in [3.05, 3.63) is 47.3 Å². The smallest absolute Gasteiger partial charge is 0.259 e. The lowest BCUT2D eigenvalue weighted by Gasteiger charge is -2.10. The summed E-state index contributed by atoms with van der Waals surface area (Å²) in [7, 11) is -3.40. The van der Waals surface area contributed by atoms with Gasteiger partial charge in [-0.15, -0.1) is 0 Å². The Labute approximate surface area is 156 Å². The molecule has 0 radical (unpaired) electrons. The fraction of sp³-hybridized carbons (Fsp3) is 0.278. The maximum Gasteiger partial charge on any atom is 0.259 e. The van der Waals surface area contributed by atoms with E-state index in [0.717, 1.165) is 24.8 Å². The average Bonchev–Trinajstić information content (AvgIpc) is 3.37. The number of nitrogens with one attached hydrogen (secondary N) is 2. The SMILES string of the molecule is Cc1noc2nc(C3CC3)cc(C(=O)Nc3cccc(NS(C)(=O)=O)c3)c12. The van der Waals surface area contributed by atoms with Crippen LogP contribution in [0.3, 0.4) is 0 Å². The van der Waals surface area contributed by atoms with Crippen molar-refractivity contribution in [3.8, 4) is 0 Å². The number of carbonyl (C=O) groups excluding carboxylic acids is 1. The van der Waals surface area contributed by atoms with Crippen LogP contribution < -0.4 is 10.0 Å². The van der Waals surface area contributed by atoms with Crippen LogP contribution in [-0.4, -0.2) is 30.7 Å². The first kappa shape index (κ1) is 17.5. The van der Waals surface area contributed by atoms with Gasteiger partial charge >= 0.3 is 0 Å². The Kier molecular flexibility index (Phi) is 4.11. The first-order valence-electron chi connectivity index (χ1n) is 8.46. The van der Waals surface area contributed by atoms with Crippen LogP contribution in [0.25, 0.3) is 11.1 Å². The molecule has 2 heterocycles. The van der Waals surface area contributed by atoms with E-state index in [1.165, 1.54) is 0 Å². The van der Waals surface area contributed by atoms with E-state index in [4.69, 9.17) is 4.52 Å². The fourth-order valence-electron chi connectivity index (χ4n) is 2.95. The van der Waals surface area contributed by atoms with Gasteiger partial charge in [-0.1, -0.05) is 11.2 Å². The van der Waals surface area contributed by atoms with Gasteiger partial charge in [0.05, 0.1) is 28.6 Å². The summed E-state index contributed by atoms with van der Waals surface area (Å²) in [6.45, 7) is 1.76. The van der Waals surface area contributed by atoms with Crippen molar-refractivity contribution < 1.29 is 17.7 Å². The lowest BCUT2D eigenvalue weighted by Crippen LogP contribution is -2.14. The topological polar surface area (TPSA) is 114 Å². The summed E-state index contributed by atoms with van der Waals surface area (Å²) in [6, 6.07) is 8.30. The second-order valence-corrected chi connectivity index (χ2v) is 8.47. The summed E-state index contributed by atoms with van der Waals surface area (Å²) < 4.78 is 30.4. The molecule has 1 fully saturated rings. The molecule has 140 valence electrons. The van der Waals surface area contributed by atoms with E-state index in [1.807, 2.05) is 0 Å². The summed E-state index contributed by atoms with van der Waals surface area (Å²) in [5.74, 6) is 0.0285. The van der Waals surface area contributed by atoms with E-state index in [1.54, 1.807) is 37.3 Å². The van der Waals surface area contributed by atoms with Gasteiger partial charge in [0.2, 0.25) is 10.0 Å². The van der Waals surface area contributed by atoms with Crippen LogP contribution in [-0.2, 0) is 10.0 Å². The normalized spacial score (nSPS) is 14.3. The van der Waals surface area contributed by atoms with E-state index >= 15 is 0 Å². The predicted molar refractivity (Wildman–Crippen MR) is 101 cm³/mol. The Hall–Kier alpha value is -2.94. The predicted octanol–water partition coefficient (Wildman–Crippen LogP) is 3.03. The van der Waals surface area contributed by atoms with Crippen LogP contribution in [0.2, 0.25) is 0 Å². The molecule has 1 aliphatic rings. The second kappa shape index (κ2) is 6.34. The third-order valence-corrected chi connectivity index (χ3v) is 4.91. The summed E-state index contributed by atoms with van der Waals surface area (Å²) in [4.78, 5) is 17.4. The number of anilines is 2. The van der Waals surface area contributed by atoms with Crippen LogP contribution in [0, 0.1) is 6.92 Å². The van der Waals surface area contributed by atoms with Gasteiger partial charge in [0.15, 0.2) is 0 Å². The van der Waals surface area contributed by atoms with Gasteiger partial charge in [-0.2, -0.15) is 0 Å². The molecule has 0 atom stereocenters. The molecule has 1 saturated carbocycles. The maximum atomic E-state index is 12.9. The summed E-state index contributed by atoms with van der Waals surface area (Å²) in [5, 5.41) is 7.32. The van der Waals surface area contributed by atoms with Gasteiger partial charge < -0.3 is 9.84 Å². The Balaban J connectivity index is 1.67. The highest BCUT2D eigenvalue weighted by atomic mass is 32.2. The number of rotatable bonds is 5. The Morgan fingerprint density at radius 2 is 1.96 bits per heavy atom. The molecule has 1 amide bonds. The van der Waals surface area contributed by atoms with Gasteiger partial charge in [0.25, 0.3) is 11.6 Å². The molecule has 9 heteroatoms. The molecular formula is C18H18N4O4S. The third-order valence-electron chi connectivity index (χ3n) is 4.30. The molecule has 27 heavy (non-hydrogen) atoms. The highest BCUT2D eigenvalue weighted by Gasteiger charge is 2.28. The van der Waals surface area contributed by atoms with Gasteiger partial charge in [0.1, 0.15) is 0 Å². The zero-order valence-corrected chi connectivity index (χ0v) is 15.6. The molecule has 4 rings (SSSR count). The lowest BCUT2D eigenvalue weighted by molar-refractivity contribution is 0.102. The van der Waals surface area contributed by atoms with Crippen molar-refractivity contribution >= 4 is 38.4 Å². The van der Waals surface area contributed by atoms with Crippen molar-refractivity contribution in [2.24, 2.45) is 0 Å². The minimum atomic E-state index is -3.40. The first-order chi connectivity index (χ1) is 12.8. The molecule has 1 aliphatic carbocycles. The number of aryl methyl sites for hydroxylation is 1. The monoisotopic (exact) mass is 386 g/mol. The van der Waals surface area contributed by atoms with E-state index in [0.29, 0.717) is 39.6 Å². The minimum Gasteiger partial charge on any atom is -0.336 e. The molecule has 0 aliphatic heterocycles. The molecule has 3 aromatic rings. The second-order valence-electron chi connectivity index (χ2n) is 6.73. The number of sulfonamides is 1. The molecule has 8 nitrogen and oxygen atoms in total.